The van der Waals surface area contributed by atoms with Gasteiger partial charge in [0.05, 0.1) is 5.56 Å². The molecule has 0 bridgehead atoms. The van der Waals surface area contributed by atoms with Crippen LogP contribution in [0.15, 0.2) is 60.7 Å². The third-order valence-corrected chi connectivity index (χ3v) is 5.70. The zero-order valence-corrected chi connectivity index (χ0v) is 20.4. The summed E-state index contributed by atoms with van der Waals surface area (Å²) >= 11 is 0. The third-order valence-electron chi connectivity index (χ3n) is 5.70. The van der Waals surface area contributed by atoms with Crippen LogP contribution in [0.25, 0.3) is 11.1 Å². The molecular weight excluding hydrogens is 428 g/mol. The largest absolute Gasteiger partial charge is 0.519 e. The minimum atomic E-state index is -1.03. The Kier molecular flexibility index (Phi) is 8.11. The van der Waals surface area contributed by atoms with Gasteiger partial charge < -0.3 is 14.6 Å². The maximum atomic E-state index is 12.8. The number of rotatable bonds is 8. The van der Waals surface area contributed by atoms with Gasteiger partial charge in [-0.25, -0.2) is 9.59 Å². The van der Waals surface area contributed by atoms with E-state index in [-0.39, 0.29) is 17.4 Å². The first-order valence-corrected chi connectivity index (χ1v) is 11.7. The molecule has 3 aromatic rings. The van der Waals surface area contributed by atoms with Gasteiger partial charge >= 0.3 is 12.1 Å². The van der Waals surface area contributed by atoms with Crippen LogP contribution in [-0.4, -0.2) is 17.2 Å². The Morgan fingerprint density at radius 3 is 2.15 bits per heavy atom. The number of carboxylic acid groups (broad SMARTS) is 1. The Morgan fingerprint density at radius 2 is 1.56 bits per heavy atom. The monoisotopic (exact) mass is 460 g/mol. The number of aryl methyl sites for hydroxylation is 1. The molecular formula is C29H32O5. The van der Waals surface area contributed by atoms with Crippen LogP contribution in [0, 0.1) is 0 Å². The number of para-hydroxylation sites is 1. The molecule has 0 atom stereocenters. The van der Waals surface area contributed by atoms with Crippen molar-refractivity contribution in [3.05, 3.63) is 82.9 Å². The molecule has 0 aromatic heterocycles. The summed E-state index contributed by atoms with van der Waals surface area (Å²) in [6.07, 6.45) is 0.885. The summed E-state index contributed by atoms with van der Waals surface area (Å²) in [4.78, 5) is 24.9. The normalized spacial score (nSPS) is 11.0. The predicted molar refractivity (Wildman–Crippen MR) is 134 cm³/mol. The summed E-state index contributed by atoms with van der Waals surface area (Å²) in [6, 6.07) is 18.0. The van der Waals surface area contributed by atoms with Crippen LogP contribution in [0.1, 0.15) is 79.9 Å². The molecule has 0 aliphatic heterocycles. The second kappa shape index (κ2) is 11.0. The summed E-state index contributed by atoms with van der Waals surface area (Å²) in [6.45, 7) is 10.3. The van der Waals surface area contributed by atoms with Gasteiger partial charge in [0.25, 0.3) is 0 Å². The molecule has 178 valence electrons. The van der Waals surface area contributed by atoms with Crippen LogP contribution in [0.2, 0.25) is 0 Å². The van der Waals surface area contributed by atoms with Gasteiger partial charge in [-0.2, -0.15) is 0 Å². The number of carboxylic acids is 1. The van der Waals surface area contributed by atoms with E-state index < -0.39 is 12.1 Å². The predicted octanol–water partition coefficient (Wildman–Crippen LogP) is 7.83. The van der Waals surface area contributed by atoms with E-state index in [0.717, 1.165) is 29.5 Å². The molecule has 5 nitrogen and oxygen atoms in total. The molecule has 0 aliphatic carbocycles. The van der Waals surface area contributed by atoms with Crippen LogP contribution >= 0.6 is 0 Å². The SMILES string of the molecule is CCCc1ccc(C(=O)O)c(-c2cc(C(C)C)cc(C(C)C)c2OC(=O)Oc2ccccc2)c1. The molecule has 0 fully saturated rings. The Bertz CT molecular complexity index is 1160. The molecule has 0 unspecified atom stereocenters. The molecule has 34 heavy (non-hydrogen) atoms. The van der Waals surface area contributed by atoms with Gasteiger partial charge in [0.15, 0.2) is 0 Å². The second-order valence-corrected chi connectivity index (χ2v) is 9.00. The molecule has 0 spiro atoms. The molecule has 0 amide bonds. The molecule has 0 saturated carbocycles. The number of aromatic carboxylic acids is 1. The topological polar surface area (TPSA) is 72.8 Å². The lowest BCUT2D eigenvalue weighted by molar-refractivity contribution is 0.0697. The van der Waals surface area contributed by atoms with Crippen molar-refractivity contribution in [1.29, 1.82) is 0 Å². The van der Waals surface area contributed by atoms with Gasteiger partial charge in [-0.1, -0.05) is 77.4 Å². The first kappa shape index (κ1) is 25.0. The number of carbonyl (C=O) groups is 2. The van der Waals surface area contributed by atoms with E-state index >= 15 is 0 Å². The van der Waals surface area contributed by atoms with Gasteiger partial charge in [0.2, 0.25) is 0 Å². The summed E-state index contributed by atoms with van der Waals surface area (Å²) in [7, 11) is 0. The van der Waals surface area contributed by atoms with Crippen molar-refractivity contribution in [2.45, 2.75) is 59.3 Å². The Balaban J connectivity index is 2.22. The van der Waals surface area contributed by atoms with E-state index in [1.165, 1.54) is 0 Å². The highest BCUT2D eigenvalue weighted by Gasteiger charge is 2.24. The Labute approximate surface area is 201 Å². The highest BCUT2D eigenvalue weighted by Crippen LogP contribution is 2.41. The van der Waals surface area contributed by atoms with Crippen LogP contribution in [-0.2, 0) is 6.42 Å². The first-order valence-electron chi connectivity index (χ1n) is 11.7. The van der Waals surface area contributed by atoms with Crippen molar-refractivity contribution >= 4 is 12.1 Å². The number of carbonyl (C=O) groups excluding carboxylic acids is 1. The summed E-state index contributed by atoms with van der Waals surface area (Å²) in [5.74, 6) is -0.0961. The maximum absolute atomic E-state index is 12.8. The minimum Gasteiger partial charge on any atom is -0.478 e. The molecule has 5 heteroatoms. The average Bonchev–Trinajstić information content (AvgIpc) is 2.79. The molecule has 3 rings (SSSR count). The number of hydrogen-bond acceptors (Lipinski definition) is 4. The van der Waals surface area contributed by atoms with Crippen molar-refractivity contribution in [3.8, 4) is 22.6 Å². The van der Waals surface area contributed by atoms with Crippen LogP contribution in [0.4, 0.5) is 4.79 Å². The standard InChI is InChI=1S/C29H32O5/c1-6-10-20-13-14-23(28(30)31)25(15-20)26-17-21(18(2)3)16-24(19(4)5)27(26)34-29(32)33-22-11-8-7-9-12-22/h7-9,11-19H,6,10H2,1-5H3,(H,30,31). The van der Waals surface area contributed by atoms with E-state index in [1.807, 2.05) is 44.2 Å². The lowest BCUT2D eigenvalue weighted by Crippen LogP contribution is -2.16. The van der Waals surface area contributed by atoms with Crippen molar-refractivity contribution in [2.24, 2.45) is 0 Å². The van der Waals surface area contributed by atoms with E-state index in [2.05, 4.69) is 20.8 Å². The fraction of sp³-hybridized carbons (Fsp3) is 0.310. The van der Waals surface area contributed by atoms with Gasteiger partial charge in [0, 0.05) is 11.1 Å². The van der Waals surface area contributed by atoms with E-state index in [9.17, 15) is 14.7 Å². The quantitative estimate of drug-likeness (QED) is 0.274. The van der Waals surface area contributed by atoms with Crippen molar-refractivity contribution in [2.75, 3.05) is 0 Å². The van der Waals surface area contributed by atoms with E-state index in [0.29, 0.717) is 22.6 Å². The minimum absolute atomic E-state index is 0.0316. The average molecular weight is 461 g/mol. The van der Waals surface area contributed by atoms with Crippen molar-refractivity contribution in [3.63, 3.8) is 0 Å². The van der Waals surface area contributed by atoms with Crippen LogP contribution in [0.3, 0.4) is 0 Å². The van der Waals surface area contributed by atoms with Gasteiger partial charge in [-0.15, -0.1) is 0 Å². The molecule has 0 saturated heterocycles. The molecule has 3 aromatic carbocycles. The maximum Gasteiger partial charge on any atom is 0.519 e. The number of ether oxygens (including phenoxy) is 2. The van der Waals surface area contributed by atoms with Gasteiger partial charge in [-0.05, 0) is 59.2 Å². The third kappa shape index (κ3) is 5.84. The lowest BCUT2D eigenvalue weighted by Gasteiger charge is -2.21. The zero-order valence-electron chi connectivity index (χ0n) is 20.4. The van der Waals surface area contributed by atoms with Gasteiger partial charge in [-0.3, -0.25) is 0 Å². The fourth-order valence-electron chi connectivity index (χ4n) is 3.88. The van der Waals surface area contributed by atoms with Gasteiger partial charge in [0.1, 0.15) is 11.5 Å². The molecule has 1 N–H and O–H groups in total. The molecule has 0 radical (unpaired) electrons. The second-order valence-electron chi connectivity index (χ2n) is 9.00. The molecule has 0 heterocycles. The zero-order chi connectivity index (χ0) is 24.8. The first-order chi connectivity index (χ1) is 16.2. The highest BCUT2D eigenvalue weighted by molar-refractivity contribution is 5.98. The van der Waals surface area contributed by atoms with Crippen LogP contribution in [0.5, 0.6) is 11.5 Å². The van der Waals surface area contributed by atoms with E-state index in [1.54, 1.807) is 30.3 Å². The van der Waals surface area contributed by atoms with Crippen LogP contribution < -0.4 is 9.47 Å². The molecule has 0 aliphatic rings. The smallest absolute Gasteiger partial charge is 0.478 e. The fourth-order valence-corrected chi connectivity index (χ4v) is 3.88. The number of hydrogen-bond donors (Lipinski definition) is 1. The summed E-state index contributed by atoms with van der Waals surface area (Å²) in [5.41, 5.74) is 4.17. The Morgan fingerprint density at radius 1 is 0.853 bits per heavy atom. The van der Waals surface area contributed by atoms with Crippen molar-refractivity contribution in [1.82, 2.24) is 0 Å². The highest BCUT2D eigenvalue weighted by atomic mass is 16.7. The Hall–Kier alpha value is -3.60. The summed E-state index contributed by atoms with van der Waals surface area (Å²) in [5, 5.41) is 9.94. The van der Waals surface area contributed by atoms with E-state index in [4.69, 9.17) is 9.47 Å². The lowest BCUT2D eigenvalue weighted by atomic mass is 9.87. The van der Waals surface area contributed by atoms with Crippen molar-refractivity contribution < 1.29 is 24.2 Å². The summed E-state index contributed by atoms with van der Waals surface area (Å²) < 4.78 is 11.2. The number of benzene rings is 3.